The molecule has 24 heavy (non-hydrogen) atoms. The Labute approximate surface area is 147 Å². The summed E-state index contributed by atoms with van der Waals surface area (Å²) in [5.74, 6) is 0.731. The molecule has 2 heteroatoms. The second-order valence-electron chi connectivity index (χ2n) is 7.40. The second-order valence-corrected chi connectivity index (χ2v) is 7.40. The van der Waals surface area contributed by atoms with Crippen molar-refractivity contribution >= 4 is 6.29 Å². The van der Waals surface area contributed by atoms with Crippen LogP contribution in [0.2, 0.25) is 0 Å². The molecule has 0 N–H and O–H groups in total. The molecule has 0 radical (unpaired) electrons. The van der Waals surface area contributed by atoms with Crippen LogP contribution in [0.15, 0.2) is 30.3 Å². The van der Waals surface area contributed by atoms with Crippen LogP contribution < -0.4 is 0 Å². The summed E-state index contributed by atoms with van der Waals surface area (Å²) < 4.78 is 0. The highest BCUT2D eigenvalue weighted by molar-refractivity contribution is 5.50. The third-order valence-corrected chi connectivity index (χ3v) is 5.78. The third kappa shape index (κ3) is 4.47. The normalized spacial score (nSPS) is 19.7. The Hall–Kier alpha value is -1.62. The maximum atomic E-state index is 11.1. The number of nitrogens with zero attached hydrogens (tertiary/aromatic N) is 1. The molecule has 1 aromatic rings. The lowest BCUT2D eigenvalue weighted by Crippen LogP contribution is -2.36. The van der Waals surface area contributed by atoms with Crippen molar-refractivity contribution in [2.24, 2.45) is 11.8 Å². The van der Waals surface area contributed by atoms with Crippen molar-refractivity contribution in [3.63, 3.8) is 0 Å². The number of nitriles is 1. The lowest BCUT2D eigenvalue weighted by atomic mass is 9.63. The first-order valence-corrected chi connectivity index (χ1v) is 9.67. The highest BCUT2D eigenvalue weighted by Crippen LogP contribution is 2.45. The topological polar surface area (TPSA) is 40.9 Å². The first-order chi connectivity index (χ1) is 11.8. The highest BCUT2D eigenvalue weighted by atomic mass is 16.1. The van der Waals surface area contributed by atoms with Crippen LogP contribution in [0, 0.1) is 23.2 Å². The fraction of sp³-hybridized carbons (Fsp3) is 0.636. The summed E-state index contributed by atoms with van der Waals surface area (Å²) in [6.07, 6.45) is 11.9. The van der Waals surface area contributed by atoms with Crippen LogP contribution in [-0.4, -0.2) is 6.29 Å². The summed E-state index contributed by atoms with van der Waals surface area (Å²) in [5.41, 5.74) is 0.723. The van der Waals surface area contributed by atoms with Crippen LogP contribution in [0.3, 0.4) is 0 Å². The van der Waals surface area contributed by atoms with Gasteiger partial charge in [0.1, 0.15) is 6.29 Å². The molecular weight excluding hydrogens is 294 g/mol. The van der Waals surface area contributed by atoms with E-state index in [1.807, 2.05) is 18.2 Å². The van der Waals surface area contributed by atoms with Gasteiger partial charge in [-0.05, 0) is 36.7 Å². The van der Waals surface area contributed by atoms with Gasteiger partial charge in [0.15, 0.2) is 0 Å². The highest BCUT2D eigenvalue weighted by Gasteiger charge is 2.42. The van der Waals surface area contributed by atoms with Crippen LogP contribution in [0.4, 0.5) is 0 Å². The monoisotopic (exact) mass is 325 g/mol. The number of hydrogen-bond donors (Lipinski definition) is 0. The quantitative estimate of drug-likeness (QED) is 0.447. The van der Waals surface area contributed by atoms with Gasteiger partial charge in [-0.1, -0.05) is 75.8 Å². The Morgan fingerprint density at radius 3 is 2.42 bits per heavy atom. The lowest BCUT2D eigenvalue weighted by Gasteiger charge is -2.38. The average molecular weight is 325 g/mol. The number of carbonyl (C=O) groups excluding carboxylic acids is 1. The maximum Gasteiger partial charge on any atom is 0.120 e. The van der Waals surface area contributed by atoms with Crippen molar-refractivity contribution in [2.75, 3.05) is 0 Å². The molecule has 1 saturated carbocycles. The van der Waals surface area contributed by atoms with E-state index in [9.17, 15) is 10.1 Å². The molecule has 2 rings (SSSR count). The molecule has 0 amide bonds. The van der Waals surface area contributed by atoms with E-state index in [1.54, 1.807) is 0 Å². The van der Waals surface area contributed by atoms with E-state index in [4.69, 9.17) is 0 Å². The molecule has 1 fully saturated rings. The van der Waals surface area contributed by atoms with Crippen molar-refractivity contribution in [1.29, 1.82) is 5.26 Å². The SMILES string of the molecule is CCC[C@@H](CC=O)CC(C#N)(c1ccccc1)C1CCCCCC1. The standard InChI is InChI=1S/C22H31NO/c1-2-10-19(15-16-24)17-22(18-23,21-13-8-5-9-14-21)20-11-6-3-4-7-12-20/h5,8-9,13-14,16,19-20H,2-4,6-7,10-12,15,17H2,1H3/t19-,22?/m0/s1. The van der Waals surface area contributed by atoms with E-state index < -0.39 is 5.41 Å². The largest absolute Gasteiger partial charge is 0.303 e. The molecule has 0 aliphatic heterocycles. The Morgan fingerprint density at radius 2 is 1.88 bits per heavy atom. The van der Waals surface area contributed by atoms with Gasteiger partial charge in [-0.25, -0.2) is 0 Å². The van der Waals surface area contributed by atoms with Crippen LogP contribution in [0.25, 0.3) is 0 Å². The zero-order valence-corrected chi connectivity index (χ0v) is 15.0. The number of carbonyl (C=O) groups is 1. The van der Waals surface area contributed by atoms with E-state index in [1.165, 1.54) is 25.7 Å². The molecule has 0 saturated heterocycles. The predicted octanol–water partition coefficient (Wildman–Crippen LogP) is 5.81. The minimum atomic E-state index is -0.436. The molecule has 2 atom stereocenters. The van der Waals surface area contributed by atoms with Crippen molar-refractivity contribution in [3.05, 3.63) is 35.9 Å². The van der Waals surface area contributed by atoms with E-state index in [2.05, 4.69) is 25.1 Å². The molecule has 0 heterocycles. The van der Waals surface area contributed by atoms with Gasteiger partial charge in [-0.3, -0.25) is 0 Å². The maximum absolute atomic E-state index is 11.1. The van der Waals surface area contributed by atoms with Gasteiger partial charge in [0.25, 0.3) is 0 Å². The summed E-state index contributed by atoms with van der Waals surface area (Å²) in [5, 5.41) is 10.3. The molecule has 1 aromatic carbocycles. The molecule has 0 spiro atoms. The van der Waals surface area contributed by atoms with Gasteiger partial charge in [0.05, 0.1) is 11.5 Å². The second kappa shape index (κ2) is 9.62. The van der Waals surface area contributed by atoms with Crippen molar-refractivity contribution in [1.82, 2.24) is 0 Å². The Kier molecular flexibility index (Phi) is 7.50. The Bertz CT molecular complexity index is 525. The lowest BCUT2D eigenvalue weighted by molar-refractivity contribution is -0.108. The third-order valence-electron chi connectivity index (χ3n) is 5.78. The Morgan fingerprint density at radius 1 is 1.21 bits per heavy atom. The van der Waals surface area contributed by atoms with E-state index >= 15 is 0 Å². The van der Waals surface area contributed by atoms with Gasteiger partial charge in [0.2, 0.25) is 0 Å². The summed E-state index contributed by atoms with van der Waals surface area (Å²) in [7, 11) is 0. The van der Waals surface area contributed by atoms with Crippen LogP contribution in [-0.2, 0) is 10.2 Å². The van der Waals surface area contributed by atoms with E-state index in [-0.39, 0.29) is 0 Å². The fourth-order valence-electron chi connectivity index (χ4n) is 4.53. The minimum absolute atomic E-state index is 0.315. The summed E-state index contributed by atoms with van der Waals surface area (Å²) in [6, 6.07) is 13.1. The first kappa shape index (κ1) is 18.7. The fourth-order valence-corrected chi connectivity index (χ4v) is 4.53. The average Bonchev–Trinajstić information content (AvgIpc) is 2.90. The zero-order chi connectivity index (χ0) is 17.3. The molecule has 2 nitrogen and oxygen atoms in total. The van der Waals surface area contributed by atoms with E-state index in [0.29, 0.717) is 18.3 Å². The number of aldehydes is 1. The summed E-state index contributed by atoms with van der Waals surface area (Å²) in [6.45, 7) is 2.17. The van der Waals surface area contributed by atoms with E-state index in [0.717, 1.165) is 44.0 Å². The molecular formula is C22H31NO. The summed E-state index contributed by atoms with van der Waals surface area (Å²) >= 11 is 0. The molecule has 1 aliphatic carbocycles. The molecule has 1 unspecified atom stereocenters. The van der Waals surface area contributed by atoms with Crippen LogP contribution in [0.5, 0.6) is 0 Å². The molecule has 130 valence electrons. The van der Waals surface area contributed by atoms with Gasteiger partial charge in [0, 0.05) is 6.42 Å². The van der Waals surface area contributed by atoms with Gasteiger partial charge in [-0.2, -0.15) is 5.26 Å². The van der Waals surface area contributed by atoms with Crippen LogP contribution in [0.1, 0.15) is 76.7 Å². The molecule has 0 aromatic heterocycles. The van der Waals surface area contributed by atoms with Crippen molar-refractivity contribution < 1.29 is 4.79 Å². The smallest absolute Gasteiger partial charge is 0.120 e. The minimum Gasteiger partial charge on any atom is -0.303 e. The van der Waals surface area contributed by atoms with Gasteiger partial charge in [-0.15, -0.1) is 0 Å². The predicted molar refractivity (Wildman–Crippen MR) is 98.6 cm³/mol. The zero-order valence-electron chi connectivity index (χ0n) is 15.0. The molecule has 1 aliphatic rings. The number of rotatable bonds is 8. The summed E-state index contributed by atoms with van der Waals surface area (Å²) in [4.78, 5) is 11.1. The molecule has 0 bridgehead atoms. The van der Waals surface area contributed by atoms with Crippen molar-refractivity contribution in [3.8, 4) is 6.07 Å². The van der Waals surface area contributed by atoms with Crippen molar-refractivity contribution in [2.45, 2.75) is 76.5 Å². The van der Waals surface area contributed by atoms with Gasteiger partial charge >= 0.3 is 0 Å². The van der Waals surface area contributed by atoms with Crippen LogP contribution >= 0.6 is 0 Å². The number of benzene rings is 1. The first-order valence-electron chi connectivity index (χ1n) is 9.67. The Balaban J connectivity index is 2.38. The number of hydrogen-bond acceptors (Lipinski definition) is 2. The van der Waals surface area contributed by atoms with Gasteiger partial charge < -0.3 is 4.79 Å².